The van der Waals surface area contributed by atoms with Crippen LogP contribution in [0.2, 0.25) is 18.1 Å². The van der Waals surface area contributed by atoms with Gasteiger partial charge in [0.1, 0.15) is 0 Å². The Hall–Kier alpha value is -0.243. The van der Waals surface area contributed by atoms with Crippen LogP contribution in [0.25, 0.3) is 0 Å². The average Bonchev–Trinajstić information content (AvgIpc) is 2.37. The summed E-state index contributed by atoms with van der Waals surface area (Å²) in [7, 11) is -1.61. The Morgan fingerprint density at radius 1 is 1.25 bits per heavy atom. The first-order valence-electron chi connectivity index (χ1n) is 6.40. The molecule has 92 valence electrons. The molecule has 0 bridgehead atoms. The molecule has 16 heavy (non-hydrogen) atoms. The molecule has 0 unspecified atom stereocenters. The molecule has 2 heteroatoms. The van der Waals surface area contributed by atoms with Gasteiger partial charge >= 0.3 is 0 Å². The molecule has 1 saturated carbocycles. The highest BCUT2D eigenvalue weighted by Gasteiger charge is 2.63. The summed E-state index contributed by atoms with van der Waals surface area (Å²) in [6.45, 7) is 16.3. The third-order valence-electron chi connectivity index (χ3n) is 5.25. The van der Waals surface area contributed by atoms with Gasteiger partial charge in [0.15, 0.2) is 0 Å². The van der Waals surface area contributed by atoms with E-state index in [4.69, 9.17) is 4.43 Å². The minimum Gasteiger partial charge on any atom is -0.547 e. The monoisotopic (exact) mass is 238 g/mol. The number of fused-ring (bicyclic) bond motifs is 1. The molecule has 1 nitrogen and oxygen atoms in total. The van der Waals surface area contributed by atoms with Crippen LogP contribution in [-0.4, -0.2) is 8.32 Å². The third-order valence-corrected chi connectivity index (χ3v) is 9.63. The van der Waals surface area contributed by atoms with Gasteiger partial charge in [0.25, 0.3) is 0 Å². The van der Waals surface area contributed by atoms with Crippen LogP contribution in [-0.2, 0) is 4.43 Å². The summed E-state index contributed by atoms with van der Waals surface area (Å²) in [5.41, 5.74) is 0.968. The number of allylic oxidation sites excluding steroid dienone is 2. The van der Waals surface area contributed by atoms with Crippen molar-refractivity contribution in [2.24, 2.45) is 10.8 Å². The van der Waals surface area contributed by atoms with Crippen molar-refractivity contribution >= 4 is 8.32 Å². The lowest BCUT2D eigenvalue weighted by molar-refractivity contribution is 0.346. The van der Waals surface area contributed by atoms with Crippen molar-refractivity contribution in [2.75, 3.05) is 0 Å². The molecule has 0 amide bonds. The lowest BCUT2D eigenvalue weighted by atomic mass is 10.0. The first-order valence-corrected chi connectivity index (χ1v) is 9.31. The van der Waals surface area contributed by atoms with Crippen LogP contribution < -0.4 is 0 Å². The van der Waals surface area contributed by atoms with Crippen molar-refractivity contribution < 1.29 is 4.43 Å². The Kier molecular flexibility index (Phi) is 2.25. The van der Waals surface area contributed by atoms with Crippen LogP contribution in [0.15, 0.2) is 11.8 Å². The first-order chi connectivity index (χ1) is 6.99. The van der Waals surface area contributed by atoms with Gasteiger partial charge in [-0.1, -0.05) is 34.6 Å². The van der Waals surface area contributed by atoms with Gasteiger partial charge in [0, 0.05) is 6.42 Å². The van der Waals surface area contributed by atoms with Gasteiger partial charge in [-0.25, -0.2) is 0 Å². The summed E-state index contributed by atoms with van der Waals surface area (Å²) in [4.78, 5) is 0. The van der Waals surface area contributed by atoms with Gasteiger partial charge in [-0.2, -0.15) is 0 Å². The van der Waals surface area contributed by atoms with E-state index in [0.29, 0.717) is 15.9 Å². The molecule has 0 aromatic rings. The molecular formula is C14H26OSi. The van der Waals surface area contributed by atoms with Gasteiger partial charge in [-0.15, -0.1) is 0 Å². The fraction of sp³-hybridized carbons (Fsp3) is 0.857. The summed E-state index contributed by atoms with van der Waals surface area (Å²) in [5.74, 6) is 1.28. The van der Waals surface area contributed by atoms with E-state index in [1.165, 1.54) is 12.2 Å². The molecular weight excluding hydrogens is 212 g/mol. The van der Waals surface area contributed by atoms with E-state index in [9.17, 15) is 0 Å². The SMILES string of the molecule is CC(C)(C)[Si](C)(C)OC1=C[C@@]2(C)C[C@@]2(C)C1. The van der Waals surface area contributed by atoms with E-state index in [-0.39, 0.29) is 0 Å². The molecule has 2 atom stereocenters. The largest absolute Gasteiger partial charge is 0.547 e. The normalized spacial score (nSPS) is 38.1. The van der Waals surface area contributed by atoms with Crippen LogP contribution in [0, 0.1) is 10.8 Å². The molecule has 0 aliphatic heterocycles. The summed E-state index contributed by atoms with van der Waals surface area (Å²) in [5, 5.41) is 0.308. The highest BCUT2D eigenvalue weighted by molar-refractivity contribution is 6.74. The van der Waals surface area contributed by atoms with Crippen LogP contribution in [0.4, 0.5) is 0 Å². The molecule has 2 rings (SSSR count). The fourth-order valence-corrected chi connectivity index (χ4v) is 3.69. The van der Waals surface area contributed by atoms with E-state index >= 15 is 0 Å². The molecule has 0 aromatic heterocycles. The van der Waals surface area contributed by atoms with Crippen LogP contribution in [0.3, 0.4) is 0 Å². The summed E-state index contributed by atoms with van der Waals surface area (Å²) in [6, 6.07) is 0. The Labute approximate surface area is 101 Å². The van der Waals surface area contributed by atoms with Crippen molar-refractivity contribution in [2.45, 2.75) is 65.6 Å². The lowest BCUT2D eigenvalue weighted by Gasteiger charge is -2.37. The molecule has 1 fully saturated rings. The van der Waals surface area contributed by atoms with Gasteiger partial charge in [-0.3, -0.25) is 0 Å². The fourth-order valence-electron chi connectivity index (χ4n) is 2.59. The van der Waals surface area contributed by atoms with E-state index in [2.05, 4.69) is 53.8 Å². The predicted octanol–water partition coefficient (Wildman–Crippen LogP) is 4.71. The zero-order valence-corrected chi connectivity index (χ0v) is 12.9. The first kappa shape index (κ1) is 12.2. The number of rotatable bonds is 2. The van der Waals surface area contributed by atoms with Crippen LogP contribution in [0.5, 0.6) is 0 Å². The standard InChI is InChI=1S/C14H26OSi/c1-12(2,3)16(6,7)15-11-8-13(4)10-14(13,5)9-11/h8H,9-10H2,1-7H3/t13-,14+/m0/s1. The summed E-state index contributed by atoms with van der Waals surface area (Å²) < 4.78 is 6.39. The smallest absolute Gasteiger partial charge is 0.250 e. The second-order valence-electron chi connectivity index (χ2n) is 7.80. The van der Waals surface area contributed by atoms with Crippen molar-refractivity contribution in [3.8, 4) is 0 Å². The molecule has 0 N–H and O–H groups in total. The zero-order chi connectivity index (χ0) is 12.4. The molecule has 2 aliphatic rings. The zero-order valence-electron chi connectivity index (χ0n) is 11.9. The maximum absolute atomic E-state index is 6.39. The topological polar surface area (TPSA) is 9.23 Å². The van der Waals surface area contributed by atoms with Gasteiger partial charge in [0.2, 0.25) is 8.32 Å². The van der Waals surface area contributed by atoms with Gasteiger partial charge in [0.05, 0.1) is 5.76 Å². The molecule has 0 saturated heterocycles. The van der Waals surface area contributed by atoms with Crippen molar-refractivity contribution in [1.82, 2.24) is 0 Å². The second-order valence-corrected chi connectivity index (χ2v) is 12.5. The van der Waals surface area contributed by atoms with Crippen molar-refractivity contribution in [3.05, 3.63) is 11.8 Å². The Balaban J connectivity index is 2.09. The average molecular weight is 238 g/mol. The maximum atomic E-state index is 6.39. The Morgan fingerprint density at radius 2 is 1.81 bits per heavy atom. The van der Waals surface area contributed by atoms with Gasteiger partial charge in [-0.05, 0) is 41.5 Å². The van der Waals surface area contributed by atoms with E-state index in [1.54, 1.807) is 0 Å². The van der Waals surface area contributed by atoms with Gasteiger partial charge < -0.3 is 4.43 Å². The molecule has 2 aliphatic carbocycles. The molecule has 0 heterocycles. The molecule has 0 aromatic carbocycles. The van der Waals surface area contributed by atoms with Crippen LogP contribution in [0.1, 0.15) is 47.5 Å². The van der Waals surface area contributed by atoms with Crippen molar-refractivity contribution in [1.29, 1.82) is 0 Å². The number of hydrogen-bond donors (Lipinski definition) is 0. The maximum Gasteiger partial charge on any atom is 0.250 e. The molecule has 0 spiro atoms. The quantitative estimate of drug-likeness (QED) is 0.633. The highest BCUT2D eigenvalue weighted by atomic mass is 28.4. The second kappa shape index (κ2) is 2.95. The predicted molar refractivity (Wildman–Crippen MR) is 71.8 cm³/mol. The van der Waals surface area contributed by atoms with E-state index in [0.717, 1.165) is 6.42 Å². The minimum absolute atomic E-state index is 0.308. The van der Waals surface area contributed by atoms with E-state index < -0.39 is 8.32 Å². The number of hydrogen-bond acceptors (Lipinski definition) is 1. The van der Waals surface area contributed by atoms with Crippen LogP contribution >= 0.6 is 0 Å². The Bertz CT molecular complexity index is 350. The van der Waals surface area contributed by atoms with E-state index in [1.807, 2.05) is 0 Å². The third kappa shape index (κ3) is 1.66. The minimum atomic E-state index is -1.61. The van der Waals surface area contributed by atoms with Crippen molar-refractivity contribution in [3.63, 3.8) is 0 Å². The summed E-state index contributed by atoms with van der Waals surface area (Å²) in [6.07, 6.45) is 4.92. The Morgan fingerprint density at radius 3 is 2.19 bits per heavy atom. The lowest BCUT2D eigenvalue weighted by Crippen LogP contribution is -2.40. The highest BCUT2D eigenvalue weighted by Crippen LogP contribution is 2.71. The summed E-state index contributed by atoms with van der Waals surface area (Å²) >= 11 is 0. The molecule has 0 radical (unpaired) electrons.